The number of aromatic nitrogens is 1. The van der Waals surface area contributed by atoms with Gasteiger partial charge in [0.15, 0.2) is 0 Å². The first-order valence-corrected chi connectivity index (χ1v) is 7.53. The lowest BCUT2D eigenvalue weighted by molar-refractivity contribution is 0.0622. The number of aliphatic hydroxyl groups excluding tert-OH is 1. The largest absolute Gasteiger partial charge is 0.395 e. The molecule has 0 spiro atoms. The minimum atomic E-state index is -0.0910. The minimum Gasteiger partial charge on any atom is -0.395 e. The molecule has 1 N–H and O–H groups in total. The summed E-state index contributed by atoms with van der Waals surface area (Å²) in [7, 11) is 0. The summed E-state index contributed by atoms with van der Waals surface area (Å²) in [6, 6.07) is 3.50. The molecule has 0 aliphatic carbocycles. The lowest BCUT2D eigenvalue weighted by Gasteiger charge is -2.30. The molecule has 1 heterocycles. The molecule has 0 aromatic carbocycles. The van der Waals surface area contributed by atoms with Crippen LogP contribution in [-0.2, 0) is 6.42 Å². The Kier molecular flexibility index (Phi) is 6.96. The molecule has 0 saturated carbocycles. The molecule has 1 amide bonds. The van der Waals surface area contributed by atoms with Gasteiger partial charge in [-0.3, -0.25) is 4.79 Å². The van der Waals surface area contributed by atoms with Gasteiger partial charge in [0, 0.05) is 23.8 Å². The number of rotatable bonds is 7. The predicted octanol–water partition coefficient (Wildman–Crippen LogP) is 2.92. The van der Waals surface area contributed by atoms with Crippen LogP contribution in [0.1, 0.15) is 49.7 Å². The smallest absolute Gasteiger partial charge is 0.254 e. The van der Waals surface area contributed by atoms with E-state index in [9.17, 15) is 9.90 Å². The molecule has 1 aromatic rings. The molecule has 1 rings (SSSR count). The van der Waals surface area contributed by atoms with Crippen molar-refractivity contribution in [2.24, 2.45) is 0 Å². The van der Waals surface area contributed by atoms with Gasteiger partial charge in [0.2, 0.25) is 0 Å². The number of carbonyl (C=O) groups is 1. The molecule has 0 radical (unpaired) electrons. The second kappa shape index (κ2) is 8.22. The number of aryl methyl sites for hydroxylation is 1. The van der Waals surface area contributed by atoms with E-state index in [2.05, 4.69) is 4.98 Å². The Morgan fingerprint density at radius 1 is 1.35 bits per heavy atom. The molecule has 112 valence electrons. The van der Waals surface area contributed by atoms with Crippen molar-refractivity contribution in [1.29, 1.82) is 0 Å². The van der Waals surface area contributed by atoms with Crippen molar-refractivity contribution in [3.63, 3.8) is 0 Å². The van der Waals surface area contributed by atoms with Crippen LogP contribution in [0.2, 0.25) is 5.15 Å². The number of carbonyl (C=O) groups excluding carboxylic acids is 1. The molecule has 0 aliphatic heterocycles. The molecule has 5 heteroatoms. The van der Waals surface area contributed by atoms with Gasteiger partial charge in [-0.25, -0.2) is 4.98 Å². The fourth-order valence-electron chi connectivity index (χ4n) is 2.31. The SMILES string of the molecule is CCc1cc(C(=O)N(CCO)C(CC)CC)cc(Cl)n1. The van der Waals surface area contributed by atoms with Crippen LogP contribution in [0.15, 0.2) is 12.1 Å². The van der Waals surface area contributed by atoms with Gasteiger partial charge in [-0.1, -0.05) is 32.4 Å². The summed E-state index contributed by atoms with van der Waals surface area (Å²) < 4.78 is 0. The third kappa shape index (κ3) is 4.18. The van der Waals surface area contributed by atoms with Crippen LogP contribution in [0.3, 0.4) is 0 Å². The number of nitrogens with zero attached hydrogens (tertiary/aromatic N) is 2. The Labute approximate surface area is 125 Å². The van der Waals surface area contributed by atoms with Gasteiger partial charge in [-0.05, 0) is 31.4 Å². The number of hydrogen-bond acceptors (Lipinski definition) is 3. The van der Waals surface area contributed by atoms with Crippen molar-refractivity contribution in [3.8, 4) is 0 Å². The van der Waals surface area contributed by atoms with Crippen LogP contribution in [0.5, 0.6) is 0 Å². The molecule has 0 aliphatic rings. The first kappa shape index (κ1) is 16.9. The summed E-state index contributed by atoms with van der Waals surface area (Å²) in [6.07, 6.45) is 2.45. The van der Waals surface area contributed by atoms with E-state index in [1.165, 1.54) is 0 Å². The Morgan fingerprint density at radius 3 is 2.50 bits per heavy atom. The predicted molar refractivity (Wildman–Crippen MR) is 81.1 cm³/mol. The van der Waals surface area contributed by atoms with E-state index in [1.54, 1.807) is 17.0 Å². The molecule has 4 nitrogen and oxygen atoms in total. The van der Waals surface area contributed by atoms with Gasteiger partial charge < -0.3 is 10.0 Å². The zero-order valence-corrected chi connectivity index (χ0v) is 13.2. The number of amides is 1. The fraction of sp³-hybridized carbons (Fsp3) is 0.600. The van der Waals surface area contributed by atoms with Gasteiger partial charge >= 0.3 is 0 Å². The van der Waals surface area contributed by atoms with Crippen molar-refractivity contribution >= 4 is 17.5 Å². The first-order valence-electron chi connectivity index (χ1n) is 7.15. The van der Waals surface area contributed by atoms with Crippen molar-refractivity contribution < 1.29 is 9.90 Å². The highest BCUT2D eigenvalue weighted by Crippen LogP contribution is 2.17. The van der Waals surface area contributed by atoms with E-state index in [1.807, 2.05) is 20.8 Å². The molecule has 0 unspecified atom stereocenters. The summed E-state index contributed by atoms with van der Waals surface area (Å²) >= 11 is 5.97. The summed E-state index contributed by atoms with van der Waals surface area (Å²) in [5, 5.41) is 9.53. The van der Waals surface area contributed by atoms with Crippen molar-refractivity contribution in [3.05, 3.63) is 28.5 Å². The van der Waals surface area contributed by atoms with Gasteiger partial charge in [-0.15, -0.1) is 0 Å². The summed E-state index contributed by atoms with van der Waals surface area (Å²) in [5.41, 5.74) is 1.34. The standard InChI is InChI=1S/C15H23ClN2O2/c1-4-12-9-11(10-14(16)17-12)15(20)18(7-8-19)13(5-2)6-3/h9-10,13,19H,4-8H2,1-3H3. The van der Waals surface area contributed by atoms with Crippen LogP contribution < -0.4 is 0 Å². The highest BCUT2D eigenvalue weighted by Gasteiger charge is 2.22. The van der Waals surface area contributed by atoms with Crippen LogP contribution in [0, 0.1) is 0 Å². The summed E-state index contributed by atoms with van der Waals surface area (Å²) in [6.45, 7) is 6.36. The molecule has 1 aromatic heterocycles. The number of halogens is 1. The molecule has 20 heavy (non-hydrogen) atoms. The maximum atomic E-state index is 12.6. The second-order valence-electron chi connectivity index (χ2n) is 4.72. The monoisotopic (exact) mass is 298 g/mol. The lowest BCUT2D eigenvalue weighted by atomic mass is 10.1. The first-order chi connectivity index (χ1) is 9.57. The Bertz CT molecular complexity index is 447. The second-order valence-corrected chi connectivity index (χ2v) is 5.10. The van der Waals surface area contributed by atoms with Crippen LogP contribution >= 0.6 is 11.6 Å². The molecule has 0 fully saturated rings. The number of pyridine rings is 1. The number of hydrogen-bond donors (Lipinski definition) is 1. The van der Waals surface area contributed by atoms with E-state index in [-0.39, 0.29) is 18.6 Å². The van der Waals surface area contributed by atoms with Crippen molar-refractivity contribution in [2.45, 2.75) is 46.1 Å². The van der Waals surface area contributed by atoms with Gasteiger partial charge in [-0.2, -0.15) is 0 Å². The van der Waals surface area contributed by atoms with E-state index >= 15 is 0 Å². The van der Waals surface area contributed by atoms with Crippen LogP contribution in [0.4, 0.5) is 0 Å². The molecular formula is C15H23ClN2O2. The highest BCUT2D eigenvalue weighted by molar-refractivity contribution is 6.29. The van der Waals surface area contributed by atoms with Crippen LogP contribution in [-0.4, -0.2) is 40.1 Å². The normalized spacial score (nSPS) is 10.9. The number of aliphatic hydroxyl groups is 1. The van der Waals surface area contributed by atoms with E-state index < -0.39 is 0 Å². The van der Waals surface area contributed by atoms with Crippen molar-refractivity contribution in [1.82, 2.24) is 9.88 Å². The Hall–Kier alpha value is -1.13. The zero-order chi connectivity index (χ0) is 15.1. The molecular weight excluding hydrogens is 276 g/mol. The van der Waals surface area contributed by atoms with E-state index in [4.69, 9.17) is 11.6 Å². The Morgan fingerprint density at radius 2 is 2.00 bits per heavy atom. The molecule has 0 bridgehead atoms. The highest BCUT2D eigenvalue weighted by atomic mass is 35.5. The topological polar surface area (TPSA) is 53.4 Å². The van der Waals surface area contributed by atoms with E-state index in [0.717, 1.165) is 25.0 Å². The van der Waals surface area contributed by atoms with Crippen molar-refractivity contribution in [2.75, 3.05) is 13.2 Å². The lowest BCUT2D eigenvalue weighted by Crippen LogP contribution is -2.41. The molecule has 0 atom stereocenters. The maximum Gasteiger partial charge on any atom is 0.254 e. The minimum absolute atomic E-state index is 0.0400. The quantitative estimate of drug-likeness (QED) is 0.788. The van der Waals surface area contributed by atoms with Crippen LogP contribution in [0.25, 0.3) is 0 Å². The van der Waals surface area contributed by atoms with Gasteiger partial charge in [0.1, 0.15) is 5.15 Å². The molecule has 0 saturated heterocycles. The van der Waals surface area contributed by atoms with Gasteiger partial charge in [0.05, 0.1) is 6.61 Å². The Balaban J connectivity index is 3.08. The maximum absolute atomic E-state index is 12.6. The summed E-state index contributed by atoms with van der Waals surface area (Å²) in [5.74, 6) is -0.0910. The summed E-state index contributed by atoms with van der Waals surface area (Å²) in [4.78, 5) is 18.5. The third-order valence-electron chi connectivity index (χ3n) is 3.44. The zero-order valence-electron chi connectivity index (χ0n) is 12.4. The fourth-order valence-corrected chi connectivity index (χ4v) is 2.53. The average Bonchev–Trinajstić information content (AvgIpc) is 2.46. The average molecular weight is 299 g/mol. The van der Waals surface area contributed by atoms with E-state index in [0.29, 0.717) is 17.3 Å². The third-order valence-corrected chi connectivity index (χ3v) is 3.63. The van der Waals surface area contributed by atoms with Gasteiger partial charge in [0.25, 0.3) is 5.91 Å².